The van der Waals surface area contributed by atoms with Crippen LogP contribution >= 0.6 is 0 Å². The summed E-state index contributed by atoms with van der Waals surface area (Å²) in [7, 11) is 0. The fraction of sp³-hybridized carbons (Fsp3) is 0.750. The number of unbranched alkanes of at least 4 members (excludes halogenated alkanes) is 4. The van der Waals surface area contributed by atoms with Gasteiger partial charge in [-0.2, -0.15) is 0 Å². The van der Waals surface area contributed by atoms with Crippen LogP contribution in [0.25, 0.3) is 0 Å². The summed E-state index contributed by atoms with van der Waals surface area (Å²) in [5, 5.41) is 0. The van der Waals surface area contributed by atoms with Crippen LogP contribution in [0.1, 0.15) is 59.3 Å². The zero-order valence-corrected chi connectivity index (χ0v) is 12.5. The highest BCUT2D eigenvalue weighted by Gasteiger charge is 1.94. The molecule has 0 atom stereocenters. The average Bonchev–Trinajstić information content (AvgIpc) is 2.40. The van der Waals surface area contributed by atoms with Crippen LogP contribution in [0, 0.1) is 0 Å². The second-order valence-corrected chi connectivity index (χ2v) is 4.54. The molecule has 0 bridgehead atoms. The highest BCUT2D eigenvalue weighted by Crippen LogP contribution is 1.98. The second-order valence-electron chi connectivity index (χ2n) is 4.54. The first-order valence-corrected chi connectivity index (χ1v) is 7.52. The molecule has 0 spiro atoms. The molecule has 18 heavy (non-hydrogen) atoms. The van der Waals surface area contributed by atoms with Crippen molar-refractivity contribution >= 4 is 0 Å². The van der Waals surface area contributed by atoms with Crippen molar-refractivity contribution in [2.45, 2.75) is 59.3 Å². The van der Waals surface area contributed by atoms with Gasteiger partial charge in [-0.15, -0.1) is 0 Å². The van der Waals surface area contributed by atoms with E-state index in [0.717, 1.165) is 26.1 Å². The lowest BCUT2D eigenvalue weighted by Crippen LogP contribution is -2.21. The molecule has 0 aromatic heterocycles. The van der Waals surface area contributed by atoms with Crippen molar-refractivity contribution in [3.05, 3.63) is 24.6 Å². The summed E-state index contributed by atoms with van der Waals surface area (Å²) in [4.78, 5) is 2.30. The molecule has 0 N–H and O–H groups in total. The molecule has 0 aliphatic heterocycles. The lowest BCUT2D eigenvalue weighted by atomic mass is 10.2. The SMILES string of the molecule is CCCCC=COCCN(C=CCCCC)CC. The molecule has 0 aliphatic carbocycles. The molecule has 0 rings (SSSR count). The molecular formula is C16H31NO. The van der Waals surface area contributed by atoms with Crippen LogP contribution in [0.2, 0.25) is 0 Å². The smallest absolute Gasteiger partial charge is 0.105 e. The Morgan fingerprint density at radius 2 is 1.61 bits per heavy atom. The summed E-state index contributed by atoms with van der Waals surface area (Å²) in [6.45, 7) is 9.40. The molecule has 0 unspecified atom stereocenters. The molecule has 2 nitrogen and oxygen atoms in total. The molecule has 0 amide bonds. The van der Waals surface area contributed by atoms with Crippen molar-refractivity contribution in [1.29, 1.82) is 0 Å². The predicted octanol–water partition coefficient (Wildman–Crippen LogP) is 4.73. The molecule has 0 heterocycles. The Kier molecular flexibility index (Phi) is 13.4. The van der Waals surface area contributed by atoms with Gasteiger partial charge in [-0.25, -0.2) is 0 Å². The molecule has 106 valence electrons. The first kappa shape index (κ1) is 17.1. The normalized spacial score (nSPS) is 11.5. The molecule has 2 heteroatoms. The Hall–Kier alpha value is -0.920. The third kappa shape index (κ3) is 11.6. The van der Waals surface area contributed by atoms with Gasteiger partial charge in [0.2, 0.25) is 0 Å². The first-order valence-electron chi connectivity index (χ1n) is 7.52. The Labute approximate surface area is 114 Å². The minimum absolute atomic E-state index is 0.772. The summed E-state index contributed by atoms with van der Waals surface area (Å²) in [5.41, 5.74) is 0. The van der Waals surface area contributed by atoms with Crippen molar-refractivity contribution in [1.82, 2.24) is 4.90 Å². The highest BCUT2D eigenvalue weighted by molar-refractivity contribution is 4.82. The predicted molar refractivity (Wildman–Crippen MR) is 80.5 cm³/mol. The molecule has 0 fully saturated rings. The van der Waals surface area contributed by atoms with Crippen LogP contribution in [-0.4, -0.2) is 24.6 Å². The number of rotatable bonds is 12. The fourth-order valence-corrected chi connectivity index (χ4v) is 1.58. The highest BCUT2D eigenvalue weighted by atomic mass is 16.5. The monoisotopic (exact) mass is 253 g/mol. The van der Waals surface area contributed by atoms with Gasteiger partial charge < -0.3 is 9.64 Å². The zero-order valence-electron chi connectivity index (χ0n) is 12.5. The Balaban J connectivity index is 3.54. The van der Waals surface area contributed by atoms with Crippen molar-refractivity contribution < 1.29 is 4.74 Å². The lowest BCUT2D eigenvalue weighted by Gasteiger charge is -2.17. The molecule has 0 aliphatic rings. The summed E-state index contributed by atoms with van der Waals surface area (Å²) in [6, 6.07) is 0. The van der Waals surface area contributed by atoms with Crippen LogP contribution in [0.15, 0.2) is 24.6 Å². The summed E-state index contributed by atoms with van der Waals surface area (Å²) in [5.74, 6) is 0. The van der Waals surface area contributed by atoms with Crippen LogP contribution in [-0.2, 0) is 4.74 Å². The van der Waals surface area contributed by atoms with Gasteiger partial charge in [0.1, 0.15) is 6.61 Å². The third-order valence-corrected chi connectivity index (χ3v) is 2.86. The number of allylic oxidation sites excluding steroid dienone is 2. The fourth-order valence-electron chi connectivity index (χ4n) is 1.58. The number of nitrogens with zero attached hydrogens (tertiary/aromatic N) is 1. The maximum absolute atomic E-state index is 5.48. The minimum atomic E-state index is 0.772. The van der Waals surface area contributed by atoms with E-state index in [1.54, 1.807) is 0 Å². The van der Waals surface area contributed by atoms with Crippen LogP contribution in [0.4, 0.5) is 0 Å². The Morgan fingerprint density at radius 1 is 0.944 bits per heavy atom. The van der Waals surface area contributed by atoms with Gasteiger partial charge in [-0.3, -0.25) is 0 Å². The molecule has 0 saturated heterocycles. The Morgan fingerprint density at radius 3 is 2.22 bits per heavy atom. The van der Waals surface area contributed by atoms with E-state index in [1.165, 1.54) is 32.1 Å². The van der Waals surface area contributed by atoms with Gasteiger partial charge in [0, 0.05) is 6.54 Å². The zero-order chi connectivity index (χ0) is 13.5. The van der Waals surface area contributed by atoms with Gasteiger partial charge in [0.25, 0.3) is 0 Å². The average molecular weight is 253 g/mol. The van der Waals surface area contributed by atoms with Crippen LogP contribution in [0.3, 0.4) is 0 Å². The van der Waals surface area contributed by atoms with E-state index < -0.39 is 0 Å². The van der Waals surface area contributed by atoms with E-state index in [2.05, 4.69) is 44.0 Å². The molecule has 0 radical (unpaired) electrons. The summed E-state index contributed by atoms with van der Waals surface area (Å²) in [6.07, 6.45) is 15.8. The number of ether oxygens (including phenoxy) is 1. The van der Waals surface area contributed by atoms with Gasteiger partial charge in [0.05, 0.1) is 12.8 Å². The molecule has 0 aromatic rings. The molecule has 0 saturated carbocycles. The molecular weight excluding hydrogens is 222 g/mol. The summed E-state index contributed by atoms with van der Waals surface area (Å²) >= 11 is 0. The topological polar surface area (TPSA) is 12.5 Å². The van der Waals surface area contributed by atoms with E-state index in [-0.39, 0.29) is 0 Å². The van der Waals surface area contributed by atoms with Crippen molar-refractivity contribution in [3.8, 4) is 0 Å². The van der Waals surface area contributed by atoms with E-state index in [1.807, 2.05) is 6.26 Å². The van der Waals surface area contributed by atoms with E-state index in [9.17, 15) is 0 Å². The maximum atomic E-state index is 5.48. The Bertz CT molecular complexity index is 211. The number of hydrogen-bond acceptors (Lipinski definition) is 2. The largest absolute Gasteiger partial charge is 0.500 e. The van der Waals surface area contributed by atoms with Crippen molar-refractivity contribution in [2.24, 2.45) is 0 Å². The maximum Gasteiger partial charge on any atom is 0.105 e. The summed E-state index contributed by atoms with van der Waals surface area (Å²) < 4.78 is 5.48. The number of hydrogen-bond donors (Lipinski definition) is 0. The van der Waals surface area contributed by atoms with Crippen LogP contribution < -0.4 is 0 Å². The van der Waals surface area contributed by atoms with Gasteiger partial charge in [-0.1, -0.05) is 39.2 Å². The molecule has 0 aromatic carbocycles. The van der Waals surface area contributed by atoms with Gasteiger partial charge >= 0.3 is 0 Å². The second kappa shape index (κ2) is 14.1. The third-order valence-electron chi connectivity index (χ3n) is 2.86. The van der Waals surface area contributed by atoms with Crippen molar-refractivity contribution in [2.75, 3.05) is 19.7 Å². The van der Waals surface area contributed by atoms with Gasteiger partial charge in [-0.05, 0) is 38.5 Å². The van der Waals surface area contributed by atoms with Crippen molar-refractivity contribution in [3.63, 3.8) is 0 Å². The van der Waals surface area contributed by atoms with Crippen LogP contribution in [0.5, 0.6) is 0 Å². The minimum Gasteiger partial charge on any atom is -0.500 e. The first-order chi connectivity index (χ1) is 8.85. The standard InChI is InChI=1S/C16H31NO/c1-4-7-9-11-13-17(6-3)14-16-18-15-12-10-8-5-2/h11-13,15H,4-10,14,16H2,1-3H3. The van der Waals surface area contributed by atoms with E-state index >= 15 is 0 Å². The lowest BCUT2D eigenvalue weighted by molar-refractivity contribution is 0.210. The van der Waals surface area contributed by atoms with E-state index in [0.29, 0.717) is 0 Å². The number of likely N-dealkylation sites (N-methyl/N-ethyl adjacent to an activating group) is 1. The van der Waals surface area contributed by atoms with Gasteiger partial charge in [0.15, 0.2) is 0 Å². The quantitative estimate of drug-likeness (QED) is 0.368. The van der Waals surface area contributed by atoms with E-state index in [4.69, 9.17) is 4.74 Å².